The van der Waals surface area contributed by atoms with Crippen LogP contribution in [-0.2, 0) is 15.6 Å². The molecule has 18 heavy (non-hydrogen) atoms. The van der Waals surface area contributed by atoms with Crippen LogP contribution in [0.3, 0.4) is 0 Å². The van der Waals surface area contributed by atoms with Gasteiger partial charge >= 0.3 is 0 Å². The second-order valence-corrected chi connectivity index (χ2v) is 6.92. The van der Waals surface area contributed by atoms with E-state index in [-0.39, 0.29) is 16.7 Å². The minimum Gasteiger partial charge on any atom is -0.258 e. The first kappa shape index (κ1) is 13.0. The Morgan fingerprint density at radius 2 is 1.94 bits per heavy atom. The quantitative estimate of drug-likeness (QED) is 0.621. The fraction of sp³-hybridized carbons (Fsp3) is 0.500. The van der Waals surface area contributed by atoms with Crippen molar-refractivity contribution in [3.05, 3.63) is 39.9 Å². The van der Waals surface area contributed by atoms with Gasteiger partial charge in [-0.25, -0.2) is 8.42 Å². The van der Waals surface area contributed by atoms with Crippen molar-refractivity contribution < 1.29 is 13.3 Å². The van der Waals surface area contributed by atoms with E-state index in [2.05, 4.69) is 0 Å². The predicted molar refractivity (Wildman–Crippen MR) is 68.0 cm³/mol. The summed E-state index contributed by atoms with van der Waals surface area (Å²) in [5.41, 5.74) is 0.435. The van der Waals surface area contributed by atoms with Crippen LogP contribution in [0.15, 0.2) is 24.3 Å². The monoisotopic (exact) mass is 269 g/mol. The molecule has 0 radical (unpaired) electrons. The van der Waals surface area contributed by atoms with Gasteiger partial charge in [-0.3, -0.25) is 10.1 Å². The van der Waals surface area contributed by atoms with Crippen LogP contribution in [0.1, 0.15) is 31.2 Å². The van der Waals surface area contributed by atoms with Crippen molar-refractivity contribution in [2.24, 2.45) is 0 Å². The van der Waals surface area contributed by atoms with Gasteiger partial charge in [0.2, 0.25) is 0 Å². The van der Waals surface area contributed by atoms with Gasteiger partial charge in [0.25, 0.3) is 5.69 Å². The Morgan fingerprint density at radius 1 is 1.28 bits per heavy atom. The molecule has 0 saturated heterocycles. The molecule has 0 bridgehead atoms. The highest BCUT2D eigenvalue weighted by Gasteiger charge is 2.28. The highest BCUT2D eigenvalue weighted by Crippen LogP contribution is 2.27. The molecule has 2 rings (SSSR count). The first-order chi connectivity index (χ1) is 8.49. The summed E-state index contributed by atoms with van der Waals surface area (Å²) >= 11 is 0. The summed E-state index contributed by atoms with van der Waals surface area (Å²) in [6.07, 6.45) is 3.35. The van der Waals surface area contributed by atoms with E-state index in [1.54, 1.807) is 6.07 Å². The summed E-state index contributed by atoms with van der Waals surface area (Å²) in [5.74, 6) is -0.0979. The molecule has 1 aliphatic carbocycles. The molecule has 0 atom stereocenters. The molecule has 0 aliphatic heterocycles. The number of benzene rings is 1. The molecule has 98 valence electrons. The third-order valence-electron chi connectivity index (χ3n) is 3.30. The largest absolute Gasteiger partial charge is 0.269 e. The van der Waals surface area contributed by atoms with Gasteiger partial charge in [0.1, 0.15) is 0 Å². The molecule has 1 aromatic carbocycles. The van der Waals surface area contributed by atoms with E-state index in [9.17, 15) is 18.5 Å². The Hall–Kier alpha value is -1.43. The van der Waals surface area contributed by atoms with Gasteiger partial charge in [0, 0.05) is 12.1 Å². The lowest BCUT2D eigenvalue weighted by molar-refractivity contribution is -0.384. The van der Waals surface area contributed by atoms with Crippen LogP contribution in [0.5, 0.6) is 0 Å². The van der Waals surface area contributed by atoms with Crippen LogP contribution in [0.2, 0.25) is 0 Å². The standard InChI is InChI=1S/C12H15NO4S/c14-13(15)11-5-3-4-10(8-11)9-18(16,17)12-6-1-2-7-12/h3-5,8,12H,1-2,6-7,9H2. The molecular formula is C12H15NO4S. The molecule has 1 saturated carbocycles. The van der Waals surface area contributed by atoms with Crippen LogP contribution >= 0.6 is 0 Å². The van der Waals surface area contributed by atoms with E-state index in [1.807, 2.05) is 0 Å². The summed E-state index contributed by atoms with van der Waals surface area (Å²) in [7, 11) is -3.18. The number of sulfone groups is 1. The molecule has 0 unspecified atom stereocenters. The molecule has 1 aliphatic rings. The molecule has 1 aromatic rings. The summed E-state index contributed by atoms with van der Waals surface area (Å²) < 4.78 is 24.2. The topological polar surface area (TPSA) is 77.3 Å². The van der Waals surface area contributed by atoms with Crippen LogP contribution in [0.25, 0.3) is 0 Å². The van der Waals surface area contributed by atoms with E-state index >= 15 is 0 Å². The second kappa shape index (κ2) is 5.06. The average Bonchev–Trinajstić information content (AvgIpc) is 2.82. The minimum absolute atomic E-state index is 0.0610. The Bertz CT molecular complexity index is 547. The summed E-state index contributed by atoms with van der Waals surface area (Å²) in [6, 6.07) is 5.86. The zero-order valence-corrected chi connectivity index (χ0v) is 10.7. The molecule has 6 heteroatoms. The molecule has 1 fully saturated rings. The summed E-state index contributed by atoms with van der Waals surface area (Å²) in [4.78, 5) is 10.1. The molecule has 0 amide bonds. The zero-order valence-electron chi connectivity index (χ0n) is 9.91. The van der Waals surface area contributed by atoms with Gasteiger partial charge in [0.15, 0.2) is 9.84 Å². The van der Waals surface area contributed by atoms with Crippen molar-refractivity contribution in [2.75, 3.05) is 0 Å². The predicted octanol–water partition coefficient (Wildman–Crippen LogP) is 2.45. The van der Waals surface area contributed by atoms with Gasteiger partial charge in [-0.15, -0.1) is 0 Å². The lowest BCUT2D eigenvalue weighted by Crippen LogP contribution is -2.19. The molecule has 0 aromatic heterocycles. The van der Waals surface area contributed by atoms with Crippen molar-refractivity contribution in [1.82, 2.24) is 0 Å². The Labute approximate surface area is 106 Å². The number of rotatable bonds is 4. The first-order valence-corrected chi connectivity index (χ1v) is 7.65. The third-order valence-corrected chi connectivity index (χ3v) is 5.52. The van der Waals surface area contributed by atoms with Crippen LogP contribution in [0, 0.1) is 10.1 Å². The van der Waals surface area contributed by atoms with Gasteiger partial charge in [-0.1, -0.05) is 25.0 Å². The summed E-state index contributed by atoms with van der Waals surface area (Å²) in [5, 5.41) is 10.4. The Morgan fingerprint density at radius 3 is 2.56 bits per heavy atom. The van der Waals surface area contributed by atoms with E-state index < -0.39 is 14.8 Å². The number of nitro groups is 1. The lowest BCUT2D eigenvalue weighted by atomic mass is 10.2. The first-order valence-electron chi connectivity index (χ1n) is 5.94. The fourth-order valence-electron chi connectivity index (χ4n) is 2.36. The lowest BCUT2D eigenvalue weighted by Gasteiger charge is -2.10. The average molecular weight is 269 g/mol. The maximum atomic E-state index is 12.1. The van der Waals surface area contributed by atoms with Gasteiger partial charge < -0.3 is 0 Å². The van der Waals surface area contributed by atoms with Crippen LogP contribution in [-0.4, -0.2) is 18.6 Å². The van der Waals surface area contributed by atoms with Gasteiger partial charge in [0.05, 0.1) is 15.9 Å². The molecule has 0 heterocycles. The van der Waals surface area contributed by atoms with Crippen LogP contribution in [0.4, 0.5) is 5.69 Å². The fourth-order valence-corrected chi connectivity index (χ4v) is 4.29. The van der Waals surface area contributed by atoms with Crippen molar-refractivity contribution in [3.63, 3.8) is 0 Å². The maximum Gasteiger partial charge on any atom is 0.269 e. The van der Waals surface area contributed by atoms with Crippen molar-refractivity contribution in [3.8, 4) is 0 Å². The normalized spacial score (nSPS) is 16.9. The second-order valence-electron chi connectivity index (χ2n) is 4.64. The Kier molecular flexibility index (Phi) is 3.65. The van der Waals surface area contributed by atoms with Crippen molar-refractivity contribution in [1.29, 1.82) is 0 Å². The van der Waals surface area contributed by atoms with Crippen LogP contribution < -0.4 is 0 Å². The molecular weight excluding hydrogens is 254 g/mol. The Balaban J connectivity index is 2.18. The molecule has 0 spiro atoms. The number of hydrogen-bond donors (Lipinski definition) is 0. The van der Waals surface area contributed by atoms with E-state index in [1.165, 1.54) is 18.2 Å². The van der Waals surface area contributed by atoms with Crippen molar-refractivity contribution in [2.45, 2.75) is 36.7 Å². The SMILES string of the molecule is O=[N+]([O-])c1cccc(CS(=O)(=O)C2CCCC2)c1. The highest BCUT2D eigenvalue weighted by molar-refractivity contribution is 7.91. The smallest absolute Gasteiger partial charge is 0.258 e. The maximum absolute atomic E-state index is 12.1. The van der Waals surface area contributed by atoms with E-state index in [0.717, 1.165) is 25.7 Å². The van der Waals surface area contributed by atoms with E-state index in [4.69, 9.17) is 0 Å². The molecule has 0 N–H and O–H groups in total. The minimum atomic E-state index is -3.18. The van der Waals surface area contributed by atoms with E-state index in [0.29, 0.717) is 5.56 Å². The van der Waals surface area contributed by atoms with Gasteiger partial charge in [-0.2, -0.15) is 0 Å². The number of nitrogens with zero attached hydrogens (tertiary/aromatic N) is 1. The zero-order chi connectivity index (χ0) is 13.2. The summed E-state index contributed by atoms with van der Waals surface area (Å²) in [6.45, 7) is 0. The highest BCUT2D eigenvalue weighted by atomic mass is 32.2. The number of non-ortho nitro benzene ring substituents is 1. The van der Waals surface area contributed by atoms with Gasteiger partial charge in [-0.05, 0) is 18.4 Å². The number of nitro benzene ring substituents is 1. The number of hydrogen-bond acceptors (Lipinski definition) is 4. The third kappa shape index (κ3) is 2.87. The molecule has 5 nitrogen and oxygen atoms in total. The van der Waals surface area contributed by atoms with Crippen molar-refractivity contribution >= 4 is 15.5 Å².